The number of hydrogen-bond donors (Lipinski definition) is 1. The van der Waals surface area contributed by atoms with Crippen molar-refractivity contribution in [2.75, 3.05) is 18.9 Å². The van der Waals surface area contributed by atoms with Gasteiger partial charge in [0.25, 0.3) is 0 Å². The number of cyclic esters (lactones) is 2. The number of esters is 2. The molecule has 23 heavy (non-hydrogen) atoms. The Morgan fingerprint density at radius 3 is 2.91 bits per heavy atom. The number of hydrogen-bond acceptors (Lipinski definition) is 8. The van der Waals surface area contributed by atoms with Crippen LogP contribution in [0.2, 0.25) is 0 Å². The van der Waals surface area contributed by atoms with Crippen LogP contribution in [0, 0.1) is 5.41 Å². The standard InChI is InChI=1S/C15H20N2O5S/c1-3-4-20-6-9-5-15(11(18)21-9)8-14(2,22-12(15)19)10-7-23-13(16)17-10/h7,9H,3-6,8H2,1-2H3,(H2,16,17)/t9?,14?,15-/m0/s1. The molecule has 3 rings (SSSR count). The Bertz CT molecular complexity index is 633. The fourth-order valence-corrected chi connectivity index (χ4v) is 3.89. The second-order valence-electron chi connectivity index (χ2n) is 6.26. The van der Waals surface area contributed by atoms with E-state index in [9.17, 15) is 9.59 Å². The molecule has 0 bridgehead atoms. The van der Waals surface area contributed by atoms with Crippen molar-refractivity contribution in [1.29, 1.82) is 0 Å². The van der Waals surface area contributed by atoms with E-state index in [2.05, 4.69) is 4.98 Å². The van der Waals surface area contributed by atoms with Gasteiger partial charge in [-0.3, -0.25) is 9.59 Å². The molecule has 2 N–H and O–H groups in total. The predicted octanol–water partition coefficient (Wildman–Crippen LogP) is 1.62. The minimum absolute atomic E-state index is 0.213. The largest absolute Gasteiger partial charge is 0.459 e. The molecule has 1 aromatic rings. The van der Waals surface area contributed by atoms with Crippen LogP contribution in [-0.4, -0.2) is 36.2 Å². The van der Waals surface area contributed by atoms with Crippen LogP contribution < -0.4 is 5.73 Å². The first-order valence-electron chi connectivity index (χ1n) is 7.63. The van der Waals surface area contributed by atoms with Gasteiger partial charge in [0, 0.05) is 24.8 Å². The van der Waals surface area contributed by atoms with Crippen molar-refractivity contribution >= 4 is 28.4 Å². The van der Waals surface area contributed by atoms with Crippen LogP contribution in [0.25, 0.3) is 0 Å². The summed E-state index contributed by atoms with van der Waals surface area (Å²) in [6.45, 7) is 4.65. The number of anilines is 1. The Morgan fingerprint density at radius 1 is 1.48 bits per heavy atom. The van der Waals surface area contributed by atoms with Gasteiger partial charge in [0.1, 0.15) is 6.10 Å². The Hall–Kier alpha value is -1.67. The third kappa shape index (κ3) is 2.70. The first kappa shape index (κ1) is 16.2. The van der Waals surface area contributed by atoms with Gasteiger partial charge in [-0.15, -0.1) is 11.3 Å². The van der Waals surface area contributed by atoms with Gasteiger partial charge in [0.15, 0.2) is 16.1 Å². The highest BCUT2D eigenvalue weighted by molar-refractivity contribution is 7.13. The molecular formula is C15H20N2O5S. The first-order chi connectivity index (χ1) is 10.9. The molecule has 1 aromatic heterocycles. The van der Waals surface area contributed by atoms with E-state index < -0.39 is 29.1 Å². The van der Waals surface area contributed by atoms with E-state index in [-0.39, 0.29) is 12.8 Å². The Kier molecular flexibility index (Phi) is 4.05. The minimum Gasteiger partial charge on any atom is -0.459 e. The number of nitrogen functional groups attached to an aromatic ring is 1. The quantitative estimate of drug-likeness (QED) is 0.494. The lowest BCUT2D eigenvalue weighted by atomic mass is 9.78. The Balaban J connectivity index is 1.77. The van der Waals surface area contributed by atoms with Gasteiger partial charge < -0.3 is 19.9 Å². The highest BCUT2D eigenvalue weighted by atomic mass is 32.1. The fourth-order valence-electron chi connectivity index (χ4n) is 3.20. The van der Waals surface area contributed by atoms with Gasteiger partial charge in [0.2, 0.25) is 0 Å². The summed E-state index contributed by atoms with van der Waals surface area (Å²) in [6.07, 6.45) is 0.968. The summed E-state index contributed by atoms with van der Waals surface area (Å²) in [6, 6.07) is 0. The molecule has 8 heteroatoms. The van der Waals surface area contributed by atoms with Crippen LogP contribution >= 0.6 is 11.3 Å². The lowest BCUT2D eigenvalue weighted by molar-refractivity contribution is -0.160. The zero-order valence-electron chi connectivity index (χ0n) is 13.2. The third-order valence-electron chi connectivity index (χ3n) is 4.30. The number of rotatable bonds is 5. The number of carbonyl (C=O) groups is 2. The molecule has 3 atom stereocenters. The molecule has 0 radical (unpaired) electrons. The Labute approximate surface area is 138 Å². The van der Waals surface area contributed by atoms with E-state index in [0.29, 0.717) is 24.0 Å². The van der Waals surface area contributed by atoms with Crippen molar-refractivity contribution in [3.63, 3.8) is 0 Å². The topological polar surface area (TPSA) is 101 Å². The van der Waals surface area contributed by atoms with Crippen LogP contribution in [0.5, 0.6) is 0 Å². The van der Waals surface area contributed by atoms with Gasteiger partial charge in [-0.05, 0) is 13.3 Å². The highest BCUT2D eigenvalue weighted by Crippen LogP contribution is 2.52. The van der Waals surface area contributed by atoms with E-state index in [0.717, 1.165) is 6.42 Å². The molecule has 0 aliphatic carbocycles. The molecule has 7 nitrogen and oxygen atoms in total. The number of nitrogens with zero attached hydrogens (tertiary/aromatic N) is 1. The van der Waals surface area contributed by atoms with Gasteiger partial charge in [0.05, 0.1) is 12.3 Å². The molecule has 2 aliphatic heterocycles. The average Bonchev–Trinajstić information content (AvgIpc) is 3.11. The highest BCUT2D eigenvalue weighted by Gasteiger charge is 2.65. The number of nitrogens with two attached hydrogens (primary N) is 1. The number of ether oxygens (including phenoxy) is 3. The van der Waals surface area contributed by atoms with E-state index in [1.165, 1.54) is 11.3 Å². The average molecular weight is 340 g/mol. The molecule has 3 heterocycles. The van der Waals surface area contributed by atoms with Gasteiger partial charge in [-0.2, -0.15) is 0 Å². The summed E-state index contributed by atoms with van der Waals surface area (Å²) < 4.78 is 16.3. The van der Waals surface area contributed by atoms with Crippen LogP contribution in [0.1, 0.15) is 38.8 Å². The van der Waals surface area contributed by atoms with Crippen molar-refractivity contribution < 1.29 is 23.8 Å². The van der Waals surface area contributed by atoms with E-state index in [1.54, 1.807) is 12.3 Å². The molecule has 2 aliphatic rings. The number of aromatic nitrogens is 1. The van der Waals surface area contributed by atoms with Gasteiger partial charge in [-0.1, -0.05) is 6.92 Å². The maximum atomic E-state index is 12.5. The monoisotopic (exact) mass is 340 g/mol. The smallest absolute Gasteiger partial charge is 0.324 e. The minimum atomic E-state index is -1.26. The second-order valence-corrected chi connectivity index (χ2v) is 7.15. The van der Waals surface area contributed by atoms with E-state index >= 15 is 0 Å². The Morgan fingerprint density at radius 2 is 2.26 bits per heavy atom. The van der Waals surface area contributed by atoms with Crippen molar-refractivity contribution in [2.45, 2.75) is 44.8 Å². The maximum absolute atomic E-state index is 12.5. The van der Waals surface area contributed by atoms with Crippen LogP contribution in [0.15, 0.2) is 5.38 Å². The second kappa shape index (κ2) is 5.76. The molecule has 2 unspecified atom stereocenters. The number of carbonyl (C=O) groups excluding carboxylic acids is 2. The SMILES string of the molecule is CCCOCC1C[C@]2(CC(C)(c3csc(N)n3)OC2=O)C(=O)O1. The summed E-state index contributed by atoms with van der Waals surface area (Å²) in [5.41, 5.74) is 4.02. The third-order valence-corrected chi connectivity index (χ3v) is 4.98. The number of thiazole rings is 1. The molecule has 0 aromatic carbocycles. The van der Waals surface area contributed by atoms with Crippen molar-refractivity contribution in [3.8, 4) is 0 Å². The summed E-state index contributed by atoms with van der Waals surface area (Å²) >= 11 is 1.28. The molecular weight excluding hydrogens is 320 g/mol. The summed E-state index contributed by atoms with van der Waals surface area (Å²) in [5, 5.41) is 2.15. The maximum Gasteiger partial charge on any atom is 0.324 e. The van der Waals surface area contributed by atoms with Crippen LogP contribution in [-0.2, 0) is 29.4 Å². The zero-order chi connectivity index (χ0) is 16.7. The molecule has 0 saturated carbocycles. The van der Waals surface area contributed by atoms with Gasteiger partial charge >= 0.3 is 11.9 Å². The lowest BCUT2D eigenvalue weighted by Gasteiger charge is -2.20. The van der Waals surface area contributed by atoms with Crippen LogP contribution in [0.3, 0.4) is 0 Å². The predicted molar refractivity (Wildman–Crippen MR) is 82.6 cm³/mol. The molecule has 2 saturated heterocycles. The van der Waals surface area contributed by atoms with Crippen LogP contribution in [0.4, 0.5) is 5.13 Å². The molecule has 126 valence electrons. The fraction of sp³-hybridized carbons (Fsp3) is 0.667. The summed E-state index contributed by atoms with van der Waals surface area (Å²) in [7, 11) is 0. The summed E-state index contributed by atoms with van der Waals surface area (Å²) in [5.74, 6) is -1.07. The molecule has 1 spiro atoms. The zero-order valence-corrected chi connectivity index (χ0v) is 14.0. The molecule has 0 amide bonds. The van der Waals surface area contributed by atoms with E-state index in [1.807, 2.05) is 6.92 Å². The van der Waals surface area contributed by atoms with Crippen molar-refractivity contribution in [2.24, 2.45) is 5.41 Å². The summed E-state index contributed by atoms with van der Waals surface area (Å²) in [4.78, 5) is 29.0. The van der Waals surface area contributed by atoms with E-state index in [4.69, 9.17) is 19.9 Å². The first-order valence-corrected chi connectivity index (χ1v) is 8.51. The lowest BCUT2D eigenvalue weighted by Crippen LogP contribution is -2.32. The molecule has 2 fully saturated rings. The van der Waals surface area contributed by atoms with Gasteiger partial charge in [-0.25, -0.2) is 4.98 Å². The van der Waals surface area contributed by atoms with Crippen molar-refractivity contribution in [1.82, 2.24) is 4.98 Å². The normalized spacial score (nSPS) is 33.2. The van der Waals surface area contributed by atoms with Crippen molar-refractivity contribution in [3.05, 3.63) is 11.1 Å².